The Kier molecular flexibility index (Phi) is 3.66. The standard InChI is InChI=1S/C18H25NO2/c1-14(20)18(16-7-5-4-6-8-16)13-17(21-15(18)2)9-11-19(3)12-10-17/h4-8,15H,9-13H2,1-3H3/t15-,18-/m0/s1. The molecule has 21 heavy (non-hydrogen) atoms. The van der Waals surface area contributed by atoms with E-state index >= 15 is 0 Å². The Hall–Kier alpha value is -1.19. The number of carbonyl (C=O) groups excluding carboxylic acids is 1. The second-order valence-corrected chi connectivity index (χ2v) is 6.82. The lowest BCUT2D eigenvalue weighted by molar-refractivity contribution is -0.124. The zero-order chi connectivity index (χ0) is 15.1. The van der Waals surface area contributed by atoms with Crippen molar-refractivity contribution in [2.45, 2.75) is 50.2 Å². The summed E-state index contributed by atoms with van der Waals surface area (Å²) in [5, 5.41) is 0. The molecular weight excluding hydrogens is 262 g/mol. The number of hydrogen-bond donors (Lipinski definition) is 0. The molecule has 0 amide bonds. The molecule has 2 atom stereocenters. The molecule has 3 rings (SSSR count). The van der Waals surface area contributed by atoms with Crippen molar-refractivity contribution in [3.63, 3.8) is 0 Å². The maximum absolute atomic E-state index is 12.6. The number of piperidine rings is 1. The quantitative estimate of drug-likeness (QED) is 0.837. The van der Waals surface area contributed by atoms with Gasteiger partial charge in [-0.1, -0.05) is 30.3 Å². The first-order chi connectivity index (χ1) is 9.98. The largest absolute Gasteiger partial charge is 0.371 e. The molecule has 0 radical (unpaired) electrons. The van der Waals surface area contributed by atoms with E-state index in [0.29, 0.717) is 0 Å². The number of ether oxygens (including phenoxy) is 1. The van der Waals surface area contributed by atoms with Gasteiger partial charge in [-0.2, -0.15) is 0 Å². The molecule has 1 aromatic rings. The van der Waals surface area contributed by atoms with E-state index in [2.05, 4.69) is 31.0 Å². The van der Waals surface area contributed by atoms with Gasteiger partial charge in [0.05, 0.1) is 17.1 Å². The average Bonchev–Trinajstić information content (AvgIpc) is 2.77. The number of Topliss-reactive ketones (excluding diaryl/α,β-unsaturated/α-hetero) is 1. The van der Waals surface area contributed by atoms with E-state index < -0.39 is 5.41 Å². The highest BCUT2D eigenvalue weighted by Crippen LogP contribution is 2.50. The molecule has 1 aromatic carbocycles. The molecule has 0 N–H and O–H groups in total. The SMILES string of the molecule is CC(=O)[C@@]1(c2ccccc2)CC2(CCN(C)CC2)O[C@H]1C. The van der Waals surface area contributed by atoms with Crippen molar-refractivity contribution in [3.05, 3.63) is 35.9 Å². The number of rotatable bonds is 2. The van der Waals surface area contributed by atoms with E-state index in [1.807, 2.05) is 18.2 Å². The Bertz CT molecular complexity index is 519. The Balaban J connectivity index is 1.97. The van der Waals surface area contributed by atoms with Gasteiger partial charge in [0.2, 0.25) is 0 Å². The molecule has 2 saturated heterocycles. The van der Waals surface area contributed by atoms with Gasteiger partial charge in [-0.3, -0.25) is 4.79 Å². The van der Waals surface area contributed by atoms with Crippen LogP contribution >= 0.6 is 0 Å². The van der Waals surface area contributed by atoms with Gasteiger partial charge in [-0.05, 0) is 45.7 Å². The predicted molar refractivity (Wildman–Crippen MR) is 83.4 cm³/mol. The van der Waals surface area contributed by atoms with E-state index in [1.165, 1.54) is 0 Å². The van der Waals surface area contributed by atoms with Crippen LogP contribution in [-0.4, -0.2) is 42.5 Å². The number of benzene rings is 1. The average molecular weight is 287 g/mol. The van der Waals surface area contributed by atoms with Crippen LogP contribution in [0.5, 0.6) is 0 Å². The minimum atomic E-state index is -0.475. The molecule has 2 aliphatic rings. The fourth-order valence-corrected chi connectivity index (χ4v) is 4.18. The first kappa shape index (κ1) is 14.7. The van der Waals surface area contributed by atoms with Crippen LogP contribution in [0.4, 0.5) is 0 Å². The molecule has 3 nitrogen and oxygen atoms in total. The lowest BCUT2D eigenvalue weighted by Crippen LogP contribution is -2.44. The molecule has 2 fully saturated rings. The van der Waals surface area contributed by atoms with E-state index in [0.717, 1.165) is 37.9 Å². The van der Waals surface area contributed by atoms with Crippen molar-refractivity contribution in [3.8, 4) is 0 Å². The van der Waals surface area contributed by atoms with Crippen LogP contribution in [-0.2, 0) is 14.9 Å². The van der Waals surface area contributed by atoms with Gasteiger partial charge in [-0.15, -0.1) is 0 Å². The second-order valence-electron chi connectivity index (χ2n) is 6.82. The van der Waals surface area contributed by atoms with Gasteiger partial charge >= 0.3 is 0 Å². The van der Waals surface area contributed by atoms with Crippen molar-refractivity contribution < 1.29 is 9.53 Å². The van der Waals surface area contributed by atoms with Gasteiger partial charge in [-0.25, -0.2) is 0 Å². The van der Waals surface area contributed by atoms with E-state index in [9.17, 15) is 4.79 Å². The van der Waals surface area contributed by atoms with E-state index in [-0.39, 0.29) is 17.5 Å². The van der Waals surface area contributed by atoms with Crippen LogP contribution in [0.1, 0.15) is 38.7 Å². The van der Waals surface area contributed by atoms with Crippen molar-refractivity contribution in [1.29, 1.82) is 0 Å². The summed E-state index contributed by atoms with van der Waals surface area (Å²) in [5.41, 5.74) is 0.519. The molecule has 2 heterocycles. The van der Waals surface area contributed by atoms with E-state index in [1.54, 1.807) is 6.92 Å². The molecule has 0 saturated carbocycles. The highest BCUT2D eigenvalue weighted by molar-refractivity contribution is 5.89. The first-order valence-electron chi connectivity index (χ1n) is 7.91. The number of hydrogen-bond acceptors (Lipinski definition) is 3. The van der Waals surface area contributed by atoms with Crippen LogP contribution < -0.4 is 0 Å². The summed E-state index contributed by atoms with van der Waals surface area (Å²) in [5.74, 6) is 0.233. The van der Waals surface area contributed by atoms with Crippen molar-refractivity contribution >= 4 is 5.78 Å². The van der Waals surface area contributed by atoms with Crippen molar-refractivity contribution in [2.75, 3.05) is 20.1 Å². The normalized spacial score (nSPS) is 32.4. The highest BCUT2D eigenvalue weighted by Gasteiger charge is 2.57. The Morgan fingerprint density at radius 2 is 1.86 bits per heavy atom. The fourth-order valence-electron chi connectivity index (χ4n) is 4.18. The predicted octanol–water partition coefficient (Wildman–Crippen LogP) is 2.79. The molecule has 114 valence electrons. The number of likely N-dealkylation sites (tertiary alicyclic amines) is 1. The molecule has 0 aliphatic carbocycles. The summed E-state index contributed by atoms with van der Waals surface area (Å²) in [7, 11) is 2.15. The second kappa shape index (κ2) is 5.22. The van der Waals surface area contributed by atoms with Crippen LogP contribution in [0.2, 0.25) is 0 Å². The number of nitrogens with zero attached hydrogens (tertiary/aromatic N) is 1. The summed E-state index contributed by atoms with van der Waals surface area (Å²) in [6.45, 7) is 5.90. The van der Waals surface area contributed by atoms with Crippen LogP contribution in [0.25, 0.3) is 0 Å². The zero-order valence-electron chi connectivity index (χ0n) is 13.3. The third kappa shape index (κ3) is 2.33. The number of carbonyl (C=O) groups is 1. The monoisotopic (exact) mass is 287 g/mol. The summed E-state index contributed by atoms with van der Waals surface area (Å²) in [4.78, 5) is 14.9. The van der Waals surface area contributed by atoms with Crippen LogP contribution in [0.15, 0.2) is 30.3 Å². The topological polar surface area (TPSA) is 29.5 Å². The van der Waals surface area contributed by atoms with Gasteiger partial charge in [0, 0.05) is 13.1 Å². The molecule has 0 unspecified atom stereocenters. The molecule has 2 aliphatic heterocycles. The van der Waals surface area contributed by atoms with Gasteiger partial charge in [0.25, 0.3) is 0 Å². The van der Waals surface area contributed by atoms with Crippen LogP contribution in [0.3, 0.4) is 0 Å². The van der Waals surface area contributed by atoms with Gasteiger partial charge < -0.3 is 9.64 Å². The first-order valence-corrected chi connectivity index (χ1v) is 7.91. The summed E-state index contributed by atoms with van der Waals surface area (Å²) in [6, 6.07) is 10.2. The third-order valence-electron chi connectivity index (χ3n) is 5.54. The number of ketones is 1. The Labute approximate surface area is 127 Å². The molecular formula is C18H25NO2. The molecule has 0 bridgehead atoms. The maximum Gasteiger partial charge on any atom is 0.143 e. The summed E-state index contributed by atoms with van der Waals surface area (Å²) < 4.78 is 6.42. The van der Waals surface area contributed by atoms with Crippen molar-refractivity contribution in [2.24, 2.45) is 0 Å². The van der Waals surface area contributed by atoms with Gasteiger partial charge in [0.1, 0.15) is 5.78 Å². The lowest BCUT2D eigenvalue weighted by atomic mass is 9.68. The maximum atomic E-state index is 12.6. The van der Waals surface area contributed by atoms with E-state index in [4.69, 9.17) is 4.74 Å². The fraction of sp³-hybridized carbons (Fsp3) is 0.611. The zero-order valence-corrected chi connectivity index (χ0v) is 13.3. The lowest BCUT2D eigenvalue weighted by Gasteiger charge is -2.38. The third-order valence-corrected chi connectivity index (χ3v) is 5.54. The van der Waals surface area contributed by atoms with Crippen molar-refractivity contribution in [1.82, 2.24) is 4.90 Å². The molecule has 1 spiro atoms. The van der Waals surface area contributed by atoms with Gasteiger partial charge in [0.15, 0.2) is 0 Å². The Morgan fingerprint density at radius 3 is 2.43 bits per heavy atom. The highest BCUT2D eigenvalue weighted by atomic mass is 16.5. The summed E-state index contributed by atoms with van der Waals surface area (Å²) >= 11 is 0. The minimum Gasteiger partial charge on any atom is -0.371 e. The minimum absolute atomic E-state index is 0.0548. The Morgan fingerprint density at radius 1 is 1.24 bits per heavy atom. The molecule has 0 aromatic heterocycles. The molecule has 3 heteroatoms. The smallest absolute Gasteiger partial charge is 0.143 e. The summed E-state index contributed by atoms with van der Waals surface area (Å²) in [6.07, 6.45) is 2.82. The van der Waals surface area contributed by atoms with Crippen LogP contribution in [0, 0.1) is 0 Å².